The summed E-state index contributed by atoms with van der Waals surface area (Å²) in [6, 6.07) is 17.5. The highest BCUT2D eigenvalue weighted by molar-refractivity contribution is 6.02. The van der Waals surface area contributed by atoms with Crippen LogP contribution in [0.5, 0.6) is 0 Å². The molecular formula is C23H26O4. The quantitative estimate of drug-likeness (QED) is 0.386. The largest absolute Gasteiger partial charge is 0.431 e. The number of aryl methyl sites for hydroxylation is 1. The molecule has 0 aliphatic rings. The first-order valence-corrected chi connectivity index (χ1v) is 8.91. The molecule has 0 saturated heterocycles. The Morgan fingerprint density at radius 1 is 1.00 bits per heavy atom. The van der Waals surface area contributed by atoms with Crippen LogP contribution in [-0.2, 0) is 25.7 Å². The number of rotatable bonds is 8. The van der Waals surface area contributed by atoms with E-state index in [9.17, 15) is 9.59 Å². The monoisotopic (exact) mass is 366 g/mol. The summed E-state index contributed by atoms with van der Waals surface area (Å²) in [5.41, 5.74) is 1.72. The van der Waals surface area contributed by atoms with E-state index in [1.54, 1.807) is 19.9 Å². The second-order valence-electron chi connectivity index (χ2n) is 6.92. The molecule has 142 valence electrons. The third-order valence-electron chi connectivity index (χ3n) is 4.43. The van der Waals surface area contributed by atoms with Gasteiger partial charge >= 0.3 is 5.97 Å². The van der Waals surface area contributed by atoms with Gasteiger partial charge in [0, 0.05) is 0 Å². The average molecular weight is 366 g/mol. The van der Waals surface area contributed by atoms with Gasteiger partial charge in [0.15, 0.2) is 0 Å². The van der Waals surface area contributed by atoms with Gasteiger partial charge in [-0.25, -0.2) is 0 Å². The number of carbonyl (C=O) groups is 2. The number of carbonyl (C=O) groups excluding carboxylic acids is 2. The first-order chi connectivity index (χ1) is 12.8. The molecule has 0 radical (unpaired) electrons. The lowest BCUT2D eigenvalue weighted by atomic mass is 9.87. The van der Waals surface area contributed by atoms with Gasteiger partial charge in [-0.3, -0.25) is 9.59 Å². The van der Waals surface area contributed by atoms with E-state index in [-0.39, 0.29) is 12.4 Å². The summed E-state index contributed by atoms with van der Waals surface area (Å²) in [6.07, 6.45) is 1.76. The maximum absolute atomic E-state index is 12.6. The zero-order valence-corrected chi connectivity index (χ0v) is 16.3. The van der Waals surface area contributed by atoms with Crippen LogP contribution >= 0.6 is 0 Å². The minimum atomic E-state index is -1.35. The van der Waals surface area contributed by atoms with Gasteiger partial charge < -0.3 is 9.47 Å². The molecule has 4 heteroatoms. The van der Waals surface area contributed by atoms with Gasteiger partial charge in [-0.15, -0.1) is 0 Å². The summed E-state index contributed by atoms with van der Waals surface area (Å²) in [7, 11) is 0. The lowest BCUT2D eigenvalue weighted by molar-refractivity contribution is -0.159. The zero-order valence-electron chi connectivity index (χ0n) is 16.3. The van der Waals surface area contributed by atoms with Gasteiger partial charge in [-0.2, -0.15) is 0 Å². The van der Waals surface area contributed by atoms with Gasteiger partial charge in [0.25, 0.3) is 0 Å². The third-order valence-corrected chi connectivity index (χ3v) is 4.43. The molecule has 0 spiro atoms. The Kier molecular flexibility index (Phi) is 7.08. The predicted molar refractivity (Wildman–Crippen MR) is 106 cm³/mol. The topological polar surface area (TPSA) is 52.6 Å². The Hall–Kier alpha value is -2.72. The summed E-state index contributed by atoms with van der Waals surface area (Å²) in [5.74, 6) is -0.468. The molecular weight excluding hydrogens is 340 g/mol. The van der Waals surface area contributed by atoms with Crippen LogP contribution in [0.1, 0.15) is 37.5 Å². The van der Waals surface area contributed by atoms with Crippen LogP contribution in [0.2, 0.25) is 0 Å². The lowest BCUT2D eigenvalue weighted by Gasteiger charge is -2.24. The van der Waals surface area contributed by atoms with Crippen molar-refractivity contribution >= 4 is 17.8 Å². The van der Waals surface area contributed by atoms with Gasteiger partial charge in [-0.05, 0) is 44.9 Å². The fourth-order valence-electron chi connectivity index (χ4n) is 2.43. The van der Waals surface area contributed by atoms with Gasteiger partial charge in [0.05, 0.1) is 13.2 Å². The minimum absolute atomic E-state index is 0.0341. The van der Waals surface area contributed by atoms with Gasteiger partial charge in [0.2, 0.25) is 0 Å². The minimum Gasteiger partial charge on any atom is -0.431 e. The molecule has 0 N–H and O–H groups in total. The fourth-order valence-corrected chi connectivity index (χ4v) is 2.43. The molecule has 0 heterocycles. The number of ether oxygens (including phenoxy) is 2. The molecule has 2 rings (SSSR count). The Bertz CT molecular complexity index is 806. The molecule has 0 fully saturated rings. The number of ketones is 1. The molecule has 27 heavy (non-hydrogen) atoms. The number of hydrogen-bond donors (Lipinski definition) is 0. The average Bonchev–Trinajstić information content (AvgIpc) is 2.63. The molecule has 1 atom stereocenters. The molecule has 0 aliphatic heterocycles. The van der Waals surface area contributed by atoms with Crippen molar-refractivity contribution in [3.05, 3.63) is 77.0 Å². The Labute approximate surface area is 160 Å². The van der Waals surface area contributed by atoms with Crippen LogP contribution in [0.25, 0.3) is 6.08 Å². The van der Waals surface area contributed by atoms with Crippen molar-refractivity contribution in [1.82, 2.24) is 0 Å². The number of Topliss-reactive ketones (excluding diaryl/α,β-unsaturated/α-hetero) is 1. The van der Waals surface area contributed by atoms with Crippen molar-refractivity contribution < 1.29 is 19.1 Å². The SMILES string of the molecule is CC(=O)C(C)(COCc1ccc(C)cc1)C(=O)O/C(C)=C/c1ccccc1. The third kappa shape index (κ3) is 5.90. The fraction of sp³-hybridized carbons (Fsp3) is 0.304. The van der Waals surface area contributed by atoms with Gasteiger partial charge in [-0.1, -0.05) is 60.2 Å². The molecule has 0 saturated carbocycles. The Balaban J connectivity index is 2.00. The number of hydrogen-bond acceptors (Lipinski definition) is 4. The summed E-state index contributed by atoms with van der Waals surface area (Å²) < 4.78 is 11.1. The molecule has 2 aromatic rings. The molecule has 1 unspecified atom stereocenters. The van der Waals surface area contributed by atoms with E-state index in [0.29, 0.717) is 12.4 Å². The van der Waals surface area contributed by atoms with E-state index in [2.05, 4.69) is 0 Å². The maximum atomic E-state index is 12.6. The van der Waals surface area contributed by atoms with E-state index in [4.69, 9.17) is 9.47 Å². The van der Waals surface area contributed by atoms with Crippen LogP contribution in [-0.4, -0.2) is 18.4 Å². The van der Waals surface area contributed by atoms with Crippen molar-refractivity contribution in [2.45, 2.75) is 34.3 Å². The molecule has 0 aliphatic carbocycles. The van der Waals surface area contributed by atoms with Crippen molar-refractivity contribution in [3.63, 3.8) is 0 Å². The predicted octanol–water partition coefficient (Wildman–Crippen LogP) is 4.71. The van der Waals surface area contributed by atoms with E-state index in [0.717, 1.165) is 16.7 Å². The van der Waals surface area contributed by atoms with E-state index in [1.807, 2.05) is 61.5 Å². The number of benzene rings is 2. The van der Waals surface area contributed by atoms with Gasteiger partial charge in [0.1, 0.15) is 17.0 Å². The summed E-state index contributed by atoms with van der Waals surface area (Å²) >= 11 is 0. The summed E-state index contributed by atoms with van der Waals surface area (Å²) in [6.45, 7) is 6.94. The molecule has 0 amide bonds. The Morgan fingerprint density at radius 2 is 1.63 bits per heavy atom. The van der Waals surface area contributed by atoms with Crippen LogP contribution in [0.4, 0.5) is 0 Å². The molecule has 2 aromatic carbocycles. The van der Waals surface area contributed by atoms with Crippen LogP contribution in [0, 0.1) is 12.3 Å². The molecule has 0 bridgehead atoms. The first kappa shape index (κ1) is 20.6. The smallest absolute Gasteiger partial charge is 0.326 e. The summed E-state index contributed by atoms with van der Waals surface area (Å²) in [5, 5.41) is 0. The van der Waals surface area contributed by atoms with Crippen LogP contribution in [0.3, 0.4) is 0 Å². The van der Waals surface area contributed by atoms with Crippen molar-refractivity contribution in [2.75, 3.05) is 6.61 Å². The second-order valence-corrected chi connectivity index (χ2v) is 6.92. The normalized spacial score (nSPS) is 13.7. The number of allylic oxidation sites excluding steroid dienone is 1. The molecule has 0 aromatic heterocycles. The van der Waals surface area contributed by atoms with E-state index >= 15 is 0 Å². The maximum Gasteiger partial charge on any atom is 0.326 e. The zero-order chi connectivity index (χ0) is 19.9. The molecule has 4 nitrogen and oxygen atoms in total. The van der Waals surface area contributed by atoms with E-state index < -0.39 is 11.4 Å². The van der Waals surface area contributed by atoms with Crippen molar-refractivity contribution in [2.24, 2.45) is 5.41 Å². The highest BCUT2D eigenvalue weighted by Gasteiger charge is 2.40. The first-order valence-electron chi connectivity index (χ1n) is 8.91. The van der Waals surface area contributed by atoms with Crippen LogP contribution < -0.4 is 0 Å². The van der Waals surface area contributed by atoms with Crippen molar-refractivity contribution in [1.29, 1.82) is 0 Å². The van der Waals surface area contributed by atoms with Crippen LogP contribution in [0.15, 0.2) is 60.4 Å². The van der Waals surface area contributed by atoms with E-state index in [1.165, 1.54) is 6.92 Å². The number of esters is 1. The highest BCUT2D eigenvalue weighted by atomic mass is 16.5. The lowest BCUT2D eigenvalue weighted by Crippen LogP contribution is -2.40. The Morgan fingerprint density at radius 3 is 2.22 bits per heavy atom. The highest BCUT2D eigenvalue weighted by Crippen LogP contribution is 2.23. The van der Waals surface area contributed by atoms with Crippen molar-refractivity contribution in [3.8, 4) is 0 Å². The second kappa shape index (κ2) is 9.28. The standard InChI is InChI=1S/C23H26O4/c1-17-10-12-21(13-11-17)15-26-16-23(4,19(3)24)22(25)27-18(2)14-20-8-6-5-7-9-20/h5-14H,15-16H2,1-4H3/b18-14+. The summed E-state index contributed by atoms with van der Waals surface area (Å²) in [4.78, 5) is 24.8.